The first-order valence-corrected chi connectivity index (χ1v) is 7.63. The van der Waals surface area contributed by atoms with E-state index in [4.69, 9.17) is 33.3 Å². The molecule has 0 saturated heterocycles. The van der Waals surface area contributed by atoms with Gasteiger partial charge in [-0.3, -0.25) is 20.2 Å². The maximum Gasteiger partial charge on any atom is 0.293 e. The molecule has 0 spiro atoms. The van der Waals surface area contributed by atoms with Crippen LogP contribution < -0.4 is 21.3 Å². The van der Waals surface area contributed by atoms with E-state index in [1.807, 2.05) is 0 Å². The van der Waals surface area contributed by atoms with E-state index in [1.54, 1.807) is 12.1 Å². The van der Waals surface area contributed by atoms with Crippen molar-refractivity contribution in [3.05, 3.63) is 48.3 Å². The Hall–Kier alpha value is -2.72. The van der Waals surface area contributed by atoms with Crippen molar-refractivity contribution in [2.45, 2.75) is 0 Å². The van der Waals surface area contributed by atoms with Crippen LogP contribution in [-0.2, 0) is 0 Å². The van der Waals surface area contributed by atoms with Crippen LogP contribution in [0.25, 0.3) is 0 Å². The zero-order chi connectivity index (χ0) is 17.4. The van der Waals surface area contributed by atoms with Gasteiger partial charge in [-0.25, -0.2) is 0 Å². The molecule has 10 heteroatoms. The lowest BCUT2D eigenvalue weighted by Crippen LogP contribution is -2.45. The van der Waals surface area contributed by atoms with Gasteiger partial charge in [0.25, 0.3) is 11.8 Å². The van der Waals surface area contributed by atoms with Crippen molar-refractivity contribution in [1.29, 1.82) is 0 Å². The molecule has 0 aromatic carbocycles. The van der Waals surface area contributed by atoms with Gasteiger partial charge in [-0.1, -0.05) is 0 Å². The summed E-state index contributed by atoms with van der Waals surface area (Å²) in [5, 5.41) is 10.9. The Kier molecular flexibility index (Phi) is 6.46. The molecule has 0 radical (unpaired) electrons. The lowest BCUT2D eigenvalue weighted by atomic mass is 10.4. The highest BCUT2D eigenvalue weighted by Crippen LogP contribution is 1.99. The van der Waals surface area contributed by atoms with Crippen LogP contribution >= 0.6 is 24.4 Å². The normalized spacial score (nSPS) is 9.83. The molecular weight excluding hydrogens is 352 g/mol. The Morgan fingerprint density at radius 2 is 1.25 bits per heavy atom. The molecule has 4 N–H and O–H groups in total. The molecule has 126 valence electrons. The van der Waals surface area contributed by atoms with E-state index in [2.05, 4.69) is 21.3 Å². The molecule has 0 aliphatic heterocycles. The molecule has 2 amide bonds. The molecule has 0 unspecified atom stereocenters. The van der Waals surface area contributed by atoms with Crippen LogP contribution in [0.2, 0.25) is 0 Å². The van der Waals surface area contributed by atoms with Gasteiger partial charge in [-0.2, -0.15) is 0 Å². The number of hydrogen-bond donors (Lipinski definition) is 4. The summed E-state index contributed by atoms with van der Waals surface area (Å²) in [4.78, 5) is 23.3. The predicted octanol–water partition coefficient (Wildman–Crippen LogP) is 0.781. The number of carbonyl (C=O) groups is 2. The van der Waals surface area contributed by atoms with Crippen LogP contribution in [0, 0.1) is 0 Å². The summed E-state index contributed by atoms with van der Waals surface area (Å²) in [6.07, 6.45) is 2.79. The third-order valence-corrected chi connectivity index (χ3v) is 3.13. The van der Waals surface area contributed by atoms with Crippen LogP contribution in [-0.4, -0.2) is 35.1 Å². The number of thiocarbonyl (C=S) groups is 2. The van der Waals surface area contributed by atoms with Gasteiger partial charge in [0.05, 0.1) is 12.5 Å². The molecule has 0 saturated carbocycles. The molecule has 0 fully saturated rings. The number of rotatable bonds is 5. The summed E-state index contributed by atoms with van der Waals surface area (Å²) < 4.78 is 9.89. The summed E-state index contributed by atoms with van der Waals surface area (Å²) in [5.74, 6) is -0.545. The van der Waals surface area contributed by atoms with Crippen LogP contribution in [0.4, 0.5) is 0 Å². The summed E-state index contributed by atoms with van der Waals surface area (Å²) in [7, 11) is 0. The fraction of sp³-hybridized carbons (Fsp3) is 0.143. The van der Waals surface area contributed by atoms with Crippen molar-refractivity contribution in [2.24, 2.45) is 0 Å². The van der Waals surface area contributed by atoms with E-state index in [1.165, 1.54) is 24.7 Å². The number of carbonyl (C=O) groups excluding carboxylic acids is 2. The molecule has 0 aliphatic carbocycles. The first kappa shape index (κ1) is 17.6. The van der Waals surface area contributed by atoms with Crippen LogP contribution in [0.1, 0.15) is 21.1 Å². The van der Waals surface area contributed by atoms with E-state index < -0.39 is 11.8 Å². The zero-order valence-electron chi connectivity index (χ0n) is 12.3. The summed E-state index contributed by atoms with van der Waals surface area (Å²) in [5.41, 5.74) is 0. The summed E-state index contributed by atoms with van der Waals surface area (Å²) >= 11 is 9.96. The van der Waals surface area contributed by atoms with Gasteiger partial charge < -0.3 is 19.5 Å². The molecule has 0 atom stereocenters. The van der Waals surface area contributed by atoms with Gasteiger partial charge in [-0.05, 0) is 48.7 Å². The monoisotopic (exact) mass is 366 g/mol. The van der Waals surface area contributed by atoms with E-state index in [0.29, 0.717) is 13.1 Å². The van der Waals surface area contributed by atoms with Crippen molar-refractivity contribution in [3.63, 3.8) is 0 Å². The quantitative estimate of drug-likeness (QED) is 0.454. The Morgan fingerprint density at radius 3 is 1.58 bits per heavy atom. The smallest absolute Gasteiger partial charge is 0.293 e. The molecule has 24 heavy (non-hydrogen) atoms. The first-order valence-electron chi connectivity index (χ1n) is 6.81. The highest BCUT2D eigenvalue weighted by molar-refractivity contribution is 7.80. The van der Waals surface area contributed by atoms with Gasteiger partial charge in [0.1, 0.15) is 0 Å². The van der Waals surface area contributed by atoms with Crippen molar-refractivity contribution >= 4 is 46.5 Å². The Balaban J connectivity index is 1.60. The zero-order valence-corrected chi connectivity index (χ0v) is 14.0. The average molecular weight is 366 g/mol. The van der Waals surface area contributed by atoms with Crippen LogP contribution in [0.15, 0.2) is 45.6 Å². The second kappa shape index (κ2) is 8.79. The lowest BCUT2D eigenvalue weighted by molar-refractivity contribution is 0.0941. The van der Waals surface area contributed by atoms with Gasteiger partial charge in [0.2, 0.25) is 0 Å². The molecule has 2 aromatic heterocycles. The second-order valence-corrected chi connectivity index (χ2v) is 5.19. The maximum absolute atomic E-state index is 11.7. The second-order valence-electron chi connectivity index (χ2n) is 4.37. The van der Waals surface area contributed by atoms with Crippen LogP contribution in [0.5, 0.6) is 0 Å². The lowest BCUT2D eigenvalue weighted by Gasteiger charge is -2.11. The van der Waals surface area contributed by atoms with Crippen molar-refractivity contribution in [3.8, 4) is 0 Å². The number of furan rings is 2. The molecule has 0 aliphatic rings. The topological polar surface area (TPSA) is 109 Å². The maximum atomic E-state index is 11.7. The Morgan fingerprint density at radius 1 is 0.833 bits per heavy atom. The third kappa shape index (κ3) is 5.48. The molecule has 0 bridgehead atoms. The third-order valence-electron chi connectivity index (χ3n) is 2.64. The van der Waals surface area contributed by atoms with Gasteiger partial charge in [0.15, 0.2) is 21.7 Å². The SMILES string of the molecule is O=C(NC(=S)NCCNC(=S)NC(=O)c1ccco1)c1ccco1. The van der Waals surface area contributed by atoms with E-state index in [9.17, 15) is 9.59 Å². The summed E-state index contributed by atoms with van der Waals surface area (Å²) in [6, 6.07) is 6.26. The highest BCUT2D eigenvalue weighted by Gasteiger charge is 2.11. The van der Waals surface area contributed by atoms with Crippen molar-refractivity contribution in [1.82, 2.24) is 21.3 Å². The molecular formula is C14H14N4O4S2. The number of amides is 2. The van der Waals surface area contributed by atoms with Gasteiger partial charge >= 0.3 is 0 Å². The van der Waals surface area contributed by atoms with Crippen molar-refractivity contribution in [2.75, 3.05) is 13.1 Å². The van der Waals surface area contributed by atoms with E-state index in [0.717, 1.165) is 0 Å². The minimum atomic E-state index is -0.438. The molecule has 2 heterocycles. The largest absolute Gasteiger partial charge is 0.459 e. The van der Waals surface area contributed by atoms with E-state index >= 15 is 0 Å². The first-order chi connectivity index (χ1) is 11.6. The minimum Gasteiger partial charge on any atom is -0.459 e. The van der Waals surface area contributed by atoms with Gasteiger partial charge in [-0.15, -0.1) is 0 Å². The Bertz CT molecular complexity index is 651. The summed E-state index contributed by atoms with van der Waals surface area (Å²) in [6.45, 7) is 0.766. The highest BCUT2D eigenvalue weighted by atomic mass is 32.1. The fourth-order valence-electron chi connectivity index (χ4n) is 1.59. The average Bonchev–Trinajstić information content (AvgIpc) is 3.24. The minimum absolute atomic E-state index is 0.156. The standard InChI is InChI=1S/C14H14N4O4S2/c19-11(9-3-1-7-21-9)17-13(23)15-5-6-16-14(24)18-12(20)10-4-2-8-22-10/h1-4,7-8H,5-6H2,(H2,15,17,19,23)(H2,16,18,20,24). The number of hydrogen-bond acceptors (Lipinski definition) is 6. The fourth-order valence-corrected chi connectivity index (χ4v) is 1.97. The van der Waals surface area contributed by atoms with Crippen LogP contribution in [0.3, 0.4) is 0 Å². The van der Waals surface area contributed by atoms with E-state index in [-0.39, 0.29) is 21.7 Å². The molecule has 2 rings (SSSR count). The van der Waals surface area contributed by atoms with Gasteiger partial charge in [0, 0.05) is 13.1 Å². The van der Waals surface area contributed by atoms with Crippen molar-refractivity contribution < 1.29 is 18.4 Å². The predicted molar refractivity (Wildman–Crippen MR) is 93.5 cm³/mol. The molecule has 2 aromatic rings. The number of nitrogens with one attached hydrogen (secondary N) is 4. The Labute approximate surface area is 148 Å². The molecule has 8 nitrogen and oxygen atoms in total.